The Hall–Kier alpha value is 0.400. The molecule has 1 heterocycles. The topological polar surface area (TPSA) is 0 Å². The third-order valence-electron chi connectivity index (χ3n) is 2.00. The molecule has 1 unspecified atom stereocenters. The second-order valence-electron chi connectivity index (χ2n) is 3.37. The van der Waals surface area contributed by atoms with Crippen LogP contribution in [0, 0.1) is 5.41 Å². The van der Waals surface area contributed by atoms with Crippen LogP contribution in [0.3, 0.4) is 0 Å². The Morgan fingerprint density at radius 3 is 2.69 bits per heavy atom. The predicted molar refractivity (Wildman–Crippen MR) is 67.8 cm³/mol. The van der Waals surface area contributed by atoms with Crippen molar-refractivity contribution in [2.45, 2.75) is 13.3 Å². The third-order valence-corrected chi connectivity index (χ3v) is 4.91. The summed E-state index contributed by atoms with van der Waals surface area (Å²) < 4.78 is 1.20. The maximum atomic E-state index is 3.87. The highest BCUT2D eigenvalue weighted by Crippen LogP contribution is 2.31. The van der Waals surface area contributed by atoms with Crippen LogP contribution in [0.15, 0.2) is 28.6 Å². The zero-order valence-corrected chi connectivity index (χ0v) is 11.5. The van der Waals surface area contributed by atoms with Crippen molar-refractivity contribution in [2.75, 3.05) is 5.33 Å². The Morgan fingerprint density at radius 1 is 1.62 bits per heavy atom. The SMILES string of the molecule is C=CC(C)(CBr)Cc1ccc(Br)s1. The standard InChI is InChI=1S/C10H12Br2S/c1-3-10(2,7-11)6-8-4-5-9(12)13-8/h3-5H,1,6-7H2,2H3. The zero-order valence-electron chi connectivity index (χ0n) is 7.52. The van der Waals surface area contributed by atoms with Crippen LogP contribution in [-0.4, -0.2) is 5.33 Å². The van der Waals surface area contributed by atoms with Gasteiger partial charge in [0.05, 0.1) is 3.79 Å². The first-order valence-electron chi connectivity index (χ1n) is 4.03. The summed E-state index contributed by atoms with van der Waals surface area (Å²) >= 11 is 8.78. The summed E-state index contributed by atoms with van der Waals surface area (Å²) in [7, 11) is 0. The quantitative estimate of drug-likeness (QED) is 0.559. The molecule has 0 saturated heterocycles. The van der Waals surface area contributed by atoms with Crippen LogP contribution in [0.5, 0.6) is 0 Å². The normalized spacial score (nSPS) is 15.3. The first kappa shape index (κ1) is 11.5. The highest BCUT2D eigenvalue weighted by Gasteiger charge is 2.19. The molecule has 1 atom stereocenters. The lowest BCUT2D eigenvalue weighted by molar-refractivity contribution is 0.498. The first-order chi connectivity index (χ1) is 6.09. The average molecular weight is 324 g/mol. The minimum atomic E-state index is 0.171. The van der Waals surface area contributed by atoms with Gasteiger partial charge in [-0.15, -0.1) is 17.9 Å². The second kappa shape index (κ2) is 4.76. The van der Waals surface area contributed by atoms with Crippen LogP contribution in [0.1, 0.15) is 11.8 Å². The van der Waals surface area contributed by atoms with Gasteiger partial charge in [-0.3, -0.25) is 0 Å². The van der Waals surface area contributed by atoms with Gasteiger partial charge in [-0.2, -0.15) is 0 Å². The van der Waals surface area contributed by atoms with E-state index >= 15 is 0 Å². The van der Waals surface area contributed by atoms with Crippen molar-refractivity contribution >= 4 is 43.2 Å². The van der Waals surface area contributed by atoms with Crippen molar-refractivity contribution in [2.24, 2.45) is 5.41 Å². The fraction of sp³-hybridized carbons (Fsp3) is 0.400. The first-order valence-corrected chi connectivity index (χ1v) is 6.76. The number of hydrogen-bond donors (Lipinski definition) is 0. The molecule has 0 bridgehead atoms. The van der Waals surface area contributed by atoms with Gasteiger partial charge >= 0.3 is 0 Å². The van der Waals surface area contributed by atoms with Gasteiger partial charge in [-0.1, -0.05) is 28.9 Å². The van der Waals surface area contributed by atoms with Crippen molar-refractivity contribution in [3.63, 3.8) is 0 Å². The highest BCUT2D eigenvalue weighted by atomic mass is 79.9. The number of thiophene rings is 1. The summed E-state index contributed by atoms with van der Waals surface area (Å²) in [6.07, 6.45) is 3.08. The van der Waals surface area contributed by atoms with Crippen LogP contribution in [0.2, 0.25) is 0 Å². The van der Waals surface area contributed by atoms with Crippen LogP contribution in [0.25, 0.3) is 0 Å². The van der Waals surface area contributed by atoms with Gasteiger partial charge in [0.25, 0.3) is 0 Å². The maximum Gasteiger partial charge on any atom is 0.0701 e. The molecule has 0 nitrogen and oxygen atoms in total. The number of alkyl halides is 1. The molecule has 3 heteroatoms. The Bertz CT molecular complexity index is 293. The largest absolute Gasteiger partial charge is 0.133 e. The molecule has 0 amide bonds. The molecule has 1 aromatic rings. The fourth-order valence-corrected chi connectivity index (χ4v) is 3.13. The van der Waals surface area contributed by atoms with E-state index in [1.165, 1.54) is 8.66 Å². The molecule has 0 spiro atoms. The van der Waals surface area contributed by atoms with Gasteiger partial charge in [0.2, 0.25) is 0 Å². The molecule has 0 aromatic carbocycles. The van der Waals surface area contributed by atoms with Crippen molar-refractivity contribution in [1.82, 2.24) is 0 Å². The molecule has 72 valence electrons. The van der Waals surface area contributed by atoms with Crippen LogP contribution < -0.4 is 0 Å². The van der Waals surface area contributed by atoms with Gasteiger partial charge in [-0.25, -0.2) is 0 Å². The maximum absolute atomic E-state index is 3.87. The molecule has 0 aliphatic heterocycles. The summed E-state index contributed by atoms with van der Waals surface area (Å²) in [5.74, 6) is 0. The number of hydrogen-bond acceptors (Lipinski definition) is 1. The summed E-state index contributed by atoms with van der Waals surface area (Å²) in [6.45, 7) is 6.08. The Labute approximate surface area is 100 Å². The molecule has 0 radical (unpaired) electrons. The van der Waals surface area contributed by atoms with E-state index in [4.69, 9.17) is 0 Å². The van der Waals surface area contributed by atoms with E-state index in [9.17, 15) is 0 Å². The lowest BCUT2D eigenvalue weighted by atomic mass is 9.89. The minimum absolute atomic E-state index is 0.171. The molecule has 0 fully saturated rings. The van der Waals surface area contributed by atoms with Crippen LogP contribution >= 0.6 is 43.2 Å². The van der Waals surface area contributed by atoms with Gasteiger partial charge in [0.1, 0.15) is 0 Å². The van der Waals surface area contributed by atoms with E-state index < -0.39 is 0 Å². The van der Waals surface area contributed by atoms with E-state index in [0.717, 1.165) is 11.8 Å². The zero-order chi connectivity index (χ0) is 9.90. The highest BCUT2D eigenvalue weighted by molar-refractivity contribution is 9.11. The molecule has 0 saturated carbocycles. The van der Waals surface area contributed by atoms with Crippen molar-refractivity contribution in [3.8, 4) is 0 Å². The molecule has 1 aromatic heterocycles. The Kier molecular flexibility index (Phi) is 4.20. The molecule has 0 aliphatic carbocycles. The van der Waals surface area contributed by atoms with E-state index in [2.05, 4.69) is 57.5 Å². The van der Waals surface area contributed by atoms with Gasteiger partial charge in [-0.05, 0) is 39.9 Å². The predicted octanol–water partition coefficient (Wildman–Crippen LogP) is 4.64. The number of rotatable bonds is 4. The molecular weight excluding hydrogens is 312 g/mol. The van der Waals surface area contributed by atoms with E-state index in [1.807, 2.05) is 6.08 Å². The second-order valence-corrected chi connectivity index (χ2v) is 6.48. The molecule has 13 heavy (non-hydrogen) atoms. The number of allylic oxidation sites excluding steroid dienone is 1. The monoisotopic (exact) mass is 322 g/mol. The fourth-order valence-electron chi connectivity index (χ4n) is 1.02. The Morgan fingerprint density at radius 2 is 2.31 bits per heavy atom. The molecule has 1 rings (SSSR count). The lowest BCUT2D eigenvalue weighted by Crippen LogP contribution is -2.17. The van der Waals surface area contributed by atoms with Gasteiger partial charge in [0, 0.05) is 10.2 Å². The summed E-state index contributed by atoms with van der Waals surface area (Å²) in [6, 6.07) is 4.26. The van der Waals surface area contributed by atoms with Crippen molar-refractivity contribution < 1.29 is 0 Å². The molecular formula is C10H12Br2S. The van der Waals surface area contributed by atoms with Gasteiger partial charge in [0.15, 0.2) is 0 Å². The van der Waals surface area contributed by atoms with Crippen LogP contribution in [0.4, 0.5) is 0 Å². The van der Waals surface area contributed by atoms with E-state index in [-0.39, 0.29) is 5.41 Å². The smallest absolute Gasteiger partial charge is 0.0701 e. The molecule has 0 aliphatic rings. The van der Waals surface area contributed by atoms with E-state index in [0.29, 0.717) is 0 Å². The van der Waals surface area contributed by atoms with E-state index in [1.54, 1.807) is 11.3 Å². The summed E-state index contributed by atoms with van der Waals surface area (Å²) in [5.41, 5.74) is 0.171. The Balaban J connectivity index is 2.72. The molecule has 0 N–H and O–H groups in total. The minimum Gasteiger partial charge on any atom is -0.133 e. The lowest BCUT2D eigenvalue weighted by Gasteiger charge is -2.21. The summed E-state index contributed by atoms with van der Waals surface area (Å²) in [5, 5.41) is 0.957. The average Bonchev–Trinajstić information content (AvgIpc) is 2.51. The van der Waals surface area contributed by atoms with Crippen molar-refractivity contribution in [1.29, 1.82) is 0 Å². The van der Waals surface area contributed by atoms with Crippen molar-refractivity contribution in [3.05, 3.63) is 33.5 Å². The van der Waals surface area contributed by atoms with Gasteiger partial charge < -0.3 is 0 Å². The number of halogens is 2. The summed E-state index contributed by atoms with van der Waals surface area (Å²) in [4.78, 5) is 1.40. The van der Waals surface area contributed by atoms with Crippen LogP contribution in [-0.2, 0) is 6.42 Å². The third kappa shape index (κ3) is 3.22.